The molecule has 1 amide bonds. The van der Waals surface area contributed by atoms with Crippen LogP contribution >= 0.6 is 0 Å². The zero-order valence-corrected chi connectivity index (χ0v) is 13.9. The van der Waals surface area contributed by atoms with Crippen molar-refractivity contribution in [3.63, 3.8) is 0 Å². The number of ether oxygens (including phenoxy) is 1. The van der Waals surface area contributed by atoms with Crippen molar-refractivity contribution in [3.05, 3.63) is 77.9 Å². The first-order chi connectivity index (χ1) is 11.7. The number of rotatable bonds is 5. The predicted molar refractivity (Wildman–Crippen MR) is 95.9 cm³/mol. The Morgan fingerprint density at radius 2 is 1.75 bits per heavy atom. The predicted octanol–water partition coefficient (Wildman–Crippen LogP) is 4.20. The molecule has 2 aromatic carbocycles. The molecule has 0 aromatic heterocycles. The molecule has 2 aromatic rings. The van der Waals surface area contributed by atoms with E-state index in [4.69, 9.17) is 4.74 Å². The summed E-state index contributed by atoms with van der Waals surface area (Å²) in [5.74, 6) is 1.22. The average molecular weight is 321 g/mol. The van der Waals surface area contributed by atoms with E-state index in [-0.39, 0.29) is 11.9 Å². The molecule has 0 saturated heterocycles. The lowest BCUT2D eigenvalue weighted by molar-refractivity contribution is -0.119. The molecule has 0 aliphatic heterocycles. The molecular weight excluding hydrogens is 298 g/mol. The first-order valence-electron chi connectivity index (χ1n) is 8.41. The Morgan fingerprint density at radius 1 is 1.04 bits per heavy atom. The van der Waals surface area contributed by atoms with Crippen LogP contribution in [0.3, 0.4) is 0 Å². The van der Waals surface area contributed by atoms with Gasteiger partial charge in [0.15, 0.2) is 0 Å². The van der Waals surface area contributed by atoms with Crippen LogP contribution in [0, 0.1) is 0 Å². The standard InChI is InChI=1S/C21H23NO2/c1-16(23)22-21-10-6-5-9-20(21)18-11-13-19(14-12-18)24-15-17-7-3-2-4-8-17/h2-8,11-14,20-21H,9-10,15H2,1H3,(H,22,23). The van der Waals surface area contributed by atoms with E-state index in [1.807, 2.05) is 30.3 Å². The molecule has 0 fully saturated rings. The summed E-state index contributed by atoms with van der Waals surface area (Å²) in [5, 5.41) is 3.07. The summed E-state index contributed by atoms with van der Waals surface area (Å²) >= 11 is 0. The maximum Gasteiger partial charge on any atom is 0.217 e. The minimum absolute atomic E-state index is 0.0307. The third kappa shape index (κ3) is 4.25. The van der Waals surface area contributed by atoms with Gasteiger partial charge >= 0.3 is 0 Å². The fraction of sp³-hybridized carbons (Fsp3) is 0.286. The minimum Gasteiger partial charge on any atom is -0.489 e. The van der Waals surface area contributed by atoms with Crippen molar-refractivity contribution in [2.45, 2.75) is 38.3 Å². The molecule has 0 saturated carbocycles. The second-order valence-electron chi connectivity index (χ2n) is 6.20. The lowest BCUT2D eigenvalue weighted by Gasteiger charge is -2.29. The summed E-state index contributed by atoms with van der Waals surface area (Å²) < 4.78 is 5.84. The van der Waals surface area contributed by atoms with Gasteiger partial charge in [0.25, 0.3) is 0 Å². The summed E-state index contributed by atoms with van der Waals surface area (Å²) in [6.45, 7) is 2.15. The number of benzene rings is 2. The van der Waals surface area contributed by atoms with Crippen molar-refractivity contribution in [1.82, 2.24) is 5.32 Å². The Balaban J connectivity index is 1.64. The van der Waals surface area contributed by atoms with Crippen molar-refractivity contribution < 1.29 is 9.53 Å². The zero-order chi connectivity index (χ0) is 16.8. The quantitative estimate of drug-likeness (QED) is 0.838. The van der Waals surface area contributed by atoms with E-state index in [1.165, 1.54) is 5.56 Å². The molecule has 1 aliphatic rings. The van der Waals surface area contributed by atoms with E-state index in [0.717, 1.165) is 24.2 Å². The van der Waals surface area contributed by atoms with E-state index >= 15 is 0 Å². The molecule has 0 spiro atoms. The smallest absolute Gasteiger partial charge is 0.217 e. The van der Waals surface area contributed by atoms with Crippen LogP contribution in [-0.4, -0.2) is 11.9 Å². The maximum absolute atomic E-state index is 11.4. The third-order valence-electron chi connectivity index (χ3n) is 4.38. The van der Waals surface area contributed by atoms with Crippen LogP contribution in [0.2, 0.25) is 0 Å². The number of allylic oxidation sites excluding steroid dienone is 1. The van der Waals surface area contributed by atoms with Gasteiger partial charge in [0, 0.05) is 18.9 Å². The monoisotopic (exact) mass is 321 g/mol. The average Bonchev–Trinajstić information content (AvgIpc) is 2.61. The van der Waals surface area contributed by atoms with Crippen LogP contribution in [0.4, 0.5) is 0 Å². The number of amides is 1. The first-order valence-corrected chi connectivity index (χ1v) is 8.41. The molecule has 0 radical (unpaired) electrons. The Hall–Kier alpha value is -2.55. The molecule has 124 valence electrons. The molecule has 2 unspecified atom stereocenters. The first kappa shape index (κ1) is 16.3. The molecule has 0 bridgehead atoms. The van der Waals surface area contributed by atoms with Gasteiger partial charge in [-0.05, 0) is 36.1 Å². The minimum atomic E-state index is 0.0307. The topological polar surface area (TPSA) is 38.3 Å². The Morgan fingerprint density at radius 3 is 2.46 bits per heavy atom. The van der Waals surface area contributed by atoms with E-state index in [9.17, 15) is 4.79 Å². The van der Waals surface area contributed by atoms with Crippen molar-refractivity contribution >= 4 is 5.91 Å². The normalized spacial score (nSPS) is 19.7. The van der Waals surface area contributed by atoms with E-state index in [2.05, 4.69) is 41.7 Å². The zero-order valence-electron chi connectivity index (χ0n) is 13.9. The molecule has 3 heteroatoms. The molecule has 0 heterocycles. The third-order valence-corrected chi connectivity index (χ3v) is 4.38. The Labute approximate surface area is 143 Å². The van der Waals surface area contributed by atoms with Gasteiger partial charge in [-0.2, -0.15) is 0 Å². The second kappa shape index (κ2) is 7.82. The molecule has 2 atom stereocenters. The Kier molecular flexibility index (Phi) is 5.32. The van der Waals surface area contributed by atoms with Crippen molar-refractivity contribution in [1.29, 1.82) is 0 Å². The molecule has 24 heavy (non-hydrogen) atoms. The van der Waals surface area contributed by atoms with Crippen LogP contribution in [0.15, 0.2) is 66.7 Å². The summed E-state index contributed by atoms with van der Waals surface area (Å²) in [5.41, 5.74) is 2.40. The van der Waals surface area contributed by atoms with Gasteiger partial charge in [0.1, 0.15) is 12.4 Å². The number of carbonyl (C=O) groups is 1. The van der Waals surface area contributed by atoms with Crippen molar-refractivity contribution in [2.24, 2.45) is 0 Å². The lowest BCUT2D eigenvalue weighted by Crippen LogP contribution is -2.38. The van der Waals surface area contributed by atoms with Gasteiger partial charge in [0.2, 0.25) is 5.91 Å². The number of nitrogens with one attached hydrogen (secondary N) is 1. The van der Waals surface area contributed by atoms with E-state index < -0.39 is 0 Å². The highest BCUT2D eigenvalue weighted by Gasteiger charge is 2.24. The summed E-state index contributed by atoms with van der Waals surface area (Å²) in [6, 6.07) is 18.6. The van der Waals surface area contributed by atoms with Crippen LogP contribution in [0.1, 0.15) is 36.8 Å². The highest BCUT2D eigenvalue weighted by atomic mass is 16.5. The molecule has 3 rings (SSSR count). The SMILES string of the molecule is CC(=O)NC1CC=CCC1c1ccc(OCc2ccccc2)cc1. The highest BCUT2D eigenvalue weighted by Crippen LogP contribution is 2.30. The van der Waals surface area contributed by atoms with Crippen molar-refractivity contribution in [2.75, 3.05) is 0 Å². The van der Waals surface area contributed by atoms with Crippen LogP contribution in [0.25, 0.3) is 0 Å². The van der Waals surface area contributed by atoms with Gasteiger partial charge in [-0.3, -0.25) is 4.79 Å². The molecule has 3 nitrogen and oxygen atoms in total. The van der Waals surface area contributed by atoms with Gasteiger partial charge in [0.05, 0.1) is 0 Å². The van der Waals surface area contributed by atoms with E-state index in [0.29, 0.717) is 12.5 Å². The van der Waals surface area contributed by atoms with Gasteiger partial charge in [-0.15, -0.1) is 0 Å². The Bertz CT molecular complexity index is 692. The van der Waals surface area contributed by atoms with Gasteiger partial charge < -0.3 is 10.1 Å². The fourth-order valence-electron chi connectivity index (χ4n) is 3.16. The van der Waals surface area contributed by atoms with Gasteiger partial charge in [-0.1, -0.05) is 54.6 Å². The van der Waals surface area contributed by atoms with E-state index in [1.54, 1.807) is 6.92 Å². The molecule has 1 N–H and O–H groups in total. The molecule has 1 aliphatic carbocycles. The number of carbonyl (C=O) groups excluding carboxylic acids is 1. The summed E-state index contributed by atoms with van der Waals surface area (Å²) in [7, 11) is 0. The van der Waals surface area contributed by atoms with Crippen molar-refractivity contribution in [3.8, 4) is 5.75 Å². The fourth-order valence-corrected chi connectivity index (χ4v) is 3.16. The number of hydrogen-bond acceptors (Lipinski definition) is 2. The summed E-state index contributed by atoms with van der Waals surface area (Å²) in [4.78, 5) is 11.4. The second-order valence-corrected chi connectivity index (χ2v) is 6.20. The molecular formula is C21H23NO2. The lowest BCUT2D eigenvalue weighted by atomic mass is 9.83. The van der Waals surface area contributed by atoms with Crippen LogP contribution in [0.5, 0.6) is 5.75 Å². The van der Waals surface area contributed by atoms with Crippen LogP contribution < -0.4 is 10.1 Å². The maximum atomic E-state index is 11.4. The number of hydrogen-bond donors (Lipinski definition) is 1. The highest BCUT2D eigenvalue weighted by molar-refractivity contribution is 5.73. The summed E-state index contributed by atoms with van der Waals surface area (Å²) in [6.07, 6.45) is 6.18. The van der Waals surface area contributed by atoms with Gasteiger partial charge in [-0.25, -0.2) is 0 Å². The van der Waals surface area contributed by atoms with Crippen LogP contribution in [-0.2, 0) is 11.4 Å². The largest absolute Gasteiger partial charge is 0.489 e.